The molecular weight excluding hydrogens is 256 g/mol. The second-order valence-corrected chi connectivity index (χ2v) is 4.64. The zero-order valence-electron chi connectivity index (χ0n) is 11.6. The molecule has 6 heteroatoms. The van der Waals surface area contributed by atoms with E-state index in [1.165, 1.54) is 6.20 Å². The van der Waals surface area contributed by atoms with Crippen molar-refractivity contribution in [2.75, 3.05) is 0 Å². The first-order valence-corrected chi connectivity index (χ1v) is 6.26. The fourth-order valence-corrected chi connectivity index (χ4v) is 1.74. The number of rotatable bonds is 3. The third-order valence-corrected chi connectivity index (χ3v) is 2.95. The second-order valence-electron chi connectivity index (χ2n) is 4.64. The highest BCUT2D eigenvalue weighted by molar-refractivity contribution is 5.93. The molecule has 0 saturated heterocycles. The predicted molar refractivity (Wildman–Crippen MR) is 74.4 cm³/mol. The van der Waals surface area contributed by atoms with E-state index >= 15 is 0 Å². The van der Waals surface area contributed by atoms with Crippen molar-refractivity contribution in [3.8, 4) is 0 Å². The van der Waals surface area contributed by atoms with Crippen LogP contribution in [-0.2, 0) is 0 Å². The lowest BCUT2D eigenvalue weighted by atomic mass is 10.1. The Hall–Kier alpha value is -2.50. The summed E-state index contributed by atoms with van der Waals surface area (Å²) in [5, 5.41) is 2.75. The molecule has 0 spiro atoms. The lowest BCUT2D eigenvalue weighted by Gasteiger charge is -2.13. The van der Waals surface area contributed by atoms with Crippen LogP contribution in [0.5, 0.6) is 0 Å². The molecule has 1 atom stereocenters. The monoisotopic (exact) mass is 272 g/mol. The Morgan fingerprint density at radius 3 is 2.60 bits per heavy atom. The number of pyridine rings is 1. The number of amides is 1. The van der Waals surface area contributed by atoms with E-state index in [1.807, 2.05) is 26.0 Å². The molecule has 20 heavy (non-hydrogen) atoms. The molecular formula is C14H16N4O2. The molecule has 104 valence electrons. The smallest absolute Gasteiger partial charge is 0.263 e. The zero-order valence-corrected chi connectivity index (χ0v) is 11.6. The molecule has 1 amide bonds. The Morgan fingerprint density at radius 1 is 1.25 bits per heavy atom. The summed E-state index contributed by atoms with van der Waals surface area (Å²) in [4.78, 5) is 34.3. The first-order chi connectivity index (χ1) is 9.47. The van der Waals surface area contributed by atoms with E-state index in [0.717, 1.165) is 11.3 Å². The number of carbonyl (C=O) groups is 1. The predicted octanol–water partition coefficient (Wildman–Crippen LogP) is 1.27. The molecule has 0 saturated carbocycles. The first kappa shape index (κ1) is 13.9. The van der Waals surface area contributed by atoms with Crippen molar-refractivity contribution in [1.29, 1.82) is 0 Å². The van der Waals surface area contributed by atoms with Gasteiger partial charge in [-0.25, -0.2) is 4.98 Å². The molecule has 0 aliphatic heterocycles. The van der Waals surface area contributed by atoms with Crippen molar-refractivity contribution in [2.24, 2.45) is 0 Å². The number of hydrogen-bond acceptors (Lipinski definition) is 4. The lowest BCUT2D eigenvalue weighted by molar-refractivity contribution is 0.0938. The van der Waals surface area contributed by atoms with E-state index in [-0.39, 0.29) is 11.6 Å². The summed E-state index contributed by atoms with van der Waals surface area (Å²) in [6.07, 6.45) is 2.99. The maximum Gasteiger partial charge on any atom is 0.263 e. The Balaban J connectivity index is 2.15. The maximum atomic E-state index is 12.0. The number of hydrogen-bond donors (Lipinski definition) is 2. The van der Waals surface area contributed by atoms with E-state index in [0.29, 0.717) is 5.82 Å². The third-order valence-electron chi connectivity index (χ3n) is 2.95. The summed E-state index contributed by atoms with van der Waals surface area (Å²) in [5.41, 5.74) is 1.35. The van der Waals surface area contributed by atoms with Crippen molar-refractivity contribution >= 4 is 5.91 Å². The SMILES string of the molecule is Cc1ccc([C@@H](C)NC(=O)c2cnc(C)[nH]c2=O)cn1. The quantitative estimate of drug-likeness (QED) is 0.880. The summed E-state index contributed by atoms with van der Waals surface area (Å²) in [7, 11) is 0. The minimum absolute atomic E-state index is 0.00233. The van der Waals surface area contributed by atoms with Crippen LogP contribution in [0.15, 0.2) is 29.3 Å². The van der Waals surface area contributed by atoms with Crippen LogP contribution in [0.4, 0.5) is 0 Å². The van der Waals surface area contributed by atoms with E-state index in [1.54, 1.807) is 13.1 Å². The number of nitrogens with zero attached hydrogens (tertiary/aromatic N) is 2. The van der Waals surface area contributed by atoms with Crippen LogP contribution in [0.25, 0.3) is 0 Å². The molecule has 2 aromatic rings. The van der Waals surface area contributed by atoms with Crippen molar-refractivity contribution < 1.29 is 4.79 Å². The number of aromatic amines is 1. The Kier molecular flexibility index (Phi) is 3.93. The molecule has 2 aromatic heterocycles. The normalized spacial score (nSPS) is 11.9. The summed E-state index contributed by atoms with van der Waals surface area (Å²) in [6, 6.07) is 3.53. The summed E-state index contributed by atoms with van der Waals surface area (Å²) < 4.78 is 0. The minimum Gasteiger partial charge on any atom is -0.345 e. The highest BCUT2D eigenvalue weighted by Crippen LogP contribution is 2.11. The van der Waals surface area contributed by atoms with E-state index < -0.39 is 11.5 Å². The zero-order chi connectivity index (χ0) is 14.7. The summed E-state index contributed by atoms with van der Waals surface area (Å²) >= 11 is 0. The maximum absolute atomic E-state index is 12.0. The number of aryl methyl sites for hydroxylation is 2. The molecule has 0 aromatic carbocycles. The van der Waals surface area contributed by atoms with Gasteiger partial charge in [-0.15, -0.1) is 0 Å². The molecule has 2 heterocycles. The van der Waals surface area contributed by atoms with Crippen LogP contribution < -0.4 is 10.9 Å². The first-order valence-electron chi connectivity index (χ1n) is 6.26. The van der Waals surface area contributed by atoms with Gasteiger partial charge in [0.15, 0.2) is 0 Å². The van der Waals surface area contributed by atoms with Gasteiger partial charge in [0.25, 0.3) is 11.5 Å². The molecule has 0 fully saturated rings. The summed E-state index contributed by atoms with van der Waals surface area (Å²) in [6.45, 7) is 5.38. The molecule has 0 bridgehead atoms. The third kappa shape index (κ3) is 3.09. The van der Waals surface area contributed by atoms with Crippen LogP contribution in [0, 0.1) is 13.8 Å². The number of carbonyl (C=O) groups excluding carboxylic acids is 1. The second kappa shape index (κ2) is 5.64. The number of aromatic nitrogens is 3. The van der Waals surface area contributed by atoms with Gasteiger partial charge < -0.3 is 10.3 Å². The molecule has 2 N–H and O–H groups in total. The van der Waals surface area contributed by atoms with Gasteiger partial charge in [0.1, 0.15) is 11.4 Å². The molecule has 0 unspecified atom stereocenters. The van der Waals surface area contributed by atoms with Gasteiger partial charge in [-0.3, -0.25) is 14.6 Å². The minimum atomic E-state index is -0.452. The molecule has 6 nitrogen and oxygen atoms in total. The van der Waals surface area contributed by atoms with Gasteiger partial charge in [0, 0.05) is 18.1 Å². The van der Waals surface area contributed by atoms with Crippen LogP contribution in [0.3, 0.4) is 0 Å². The average molecular weight is 272 g/mol. The van der Waals surface area contributed by atoms with Gasteiger partial charge in [-0.2, -0.15) is 0 Å². The van der Waals surface area contributed by atoms with Crippen molar-refractivity contribution in [1.82, 2.24) is 20.3 Å². The van der Waals surface area contributed by atoms with E-state index in [2.05, 4.69) is 20.3 Å². The van der Waals surface area contributed by atoms with Crippen molar-refractivity contribution in [3.05, 3.63) is 57.5 Å². The average Bonchev–Trinajstić information content (AvgIpc) is 2.39. The summed E-state index contributed by atoms with van der Waals surface area (Å²) in [5.74, 6) is 0.0224. The van der Waals surface area contributed by atoms with Gasteiger partial charge >= 0.3 is 0 Å². The standard InChI is InChI=1S/C14H16N4O2/c1-8-4-5-11(6-15-8)9(2)17-13(19)12-7-16-10(3)18-14(12)20/h4-7,9H,1-3H3,(H,17,19)(H,16,18,20)/t9-/m1/s1. The lowest BCUT2D eigenvalue weighted by Crippen LogP contribution is -2.32. The fraction of sp³-hybridized carbons (Fsp3) is 0.286. The Morgan fingerprint density at radius 2 is 2.00 bits per heavy atom. The highest BCUT2D eigenvalue weighted by Gasteiger charge is 2.15. The van der Waals surface area contributed by atoms with E-state index in [9.17, 15) is 9.59 Å². The fourth-order valence-electron chi connectivity index (χ4n) is 1.74. The van der Waals surface area contributed by atoms with Gasteiger partial charge in [-0.1, -0.05) is 6.07 Å². The Labute approximate surface area is 116 Å². The highest BCUT2D eigenvalue weighted by atomic mass is 16.2. The van der Waals surface area contributed by atoms with Crippen LogP contribution in [-0.4, -0.2) is 20.9 Å². The van der Waals surface area contributed by atoms with E-state index in [4.69, 9.17) is 0 Å². The van der Waals surface area contributed by atoms with Gasteiger partial charge in [0.05, 0.1) is 6.04 Å². The van der Waals surface area contributed by atoms with Gasteiger partial charge in [-0.05, 0) is 32.4 Å². The molecule has 0 aliphatic carbocycles. The van der Waals surface area contributed by atoms with Gasteiger partial charge in [0.2, 0.25) is 0 Å². The van der Waals surface area contributed by atoms with Crippen LogP contribution in [0.2, 0.25) is 0 Å². The largest absolute Gasteiger partial charge is 0.345 e. The van der Waals surface area contributed by atoms with Crippen molar-refractivity contribution in [2.45, 2.75) is 26.8 Å². The van der Waals surface area contributed by atoms with Crippen LogP contribution >= 0.6 is 0 Å². The molecule has 2 rings (SSSR count). The molecule has 0 aliphatic rings. The molecule has 0 radical (unpaired) electrons. The van der Waals surface area contributed by atoms with Crippen molar-refractivity contribution in [3.63, 3.8) is 0 Å². The van der Waals surface area contributed by atoms with Crippen LogP contribution in [0.1, 0.15) is 40.4 Å². The topological polar surface area (TPSA) is 87.7 Å². The number of H-pyrrole nitrogens is 1. The Bertz CT molecular complexity index is 676. The number of nitrogens with one attached hydrogen (secondary N) is 2.